The first kappa shape index (κ1) is 16.5. The maximum atomic E-state index is 13.1. The summed E-state index contributed by atoms with van der Waals surface area (Å²) in [5.74, 6) is -0.511. The maximum absolute atomic E-state index is 13.1. The van der Waals surface area contributed by atoms with Gasteiger partial charge in [-0.15, -0.1) is 0 Å². The molecule has 5 rings (SSSR count). The van der Waals surface area contributed by atoms with E-state index in [1.165, 1.54) is 17.3 Å². The second-order valence-electron chi connectivity index (χ2n) is 8.14. The maximum Gasteiger partial charge on any atom is 0.338 e. The predicted molar refractivity (Wildman–Crippen MR) is 98.6 cm³/mol. The summed E-state index contributed by atoms with van der Waals surface area (Å²) in [6.45, 7) is 1.44. The molecule has 2 atom stereocenters. The molecule has 3 aliphatic rings. The van der Waals surface area contributed by atoms with Crippen molar-refractivity contribution in [3.63, 3.8) is 0 Å². The van der Waals surface area contributed by atoms with Crippen molar-refractivity contribution in [3.8, 4) is 0 Å². The Balaban J connectivity index is 1.23. The minimum Gasteiger partial charge on any atom is -0.478 e. The molecular formula is C21H23N3O3. The van der Waals surface area contributed by atoms with Gasteiger partial charge in [-0.05, 0) is 43.2 Å². The topological polar surface area (TPSA) is 75.4 Å². The van der Waals surface area contributed by atoms with E-state index < -0.39 is 5.97 Å². The molecule has 1 amide bonds. The van der Waals surface area contributed by atoms with E-state index in [-0.39, 0.29) is 22.9 Å². The van der Waals surface area contributed by atoms with E-state index >= 15 is 0 Å². The zero-order valence-electron chi connectivity index (χ0n) is 15.2. The molecule has 2 aromatic rings. The minimum absolute atomic E-state index is 0.100. The molecule has 0 radical (unpaired) electrons. The number of hydrogen-bond donors (Lipinski definition) is 1. The Morgan fingerprint density at radius 1 is 1.19 bits per heavy atom. The number of amides is 1. The molecule has 1 aromatic carbocycles. The number of nitrogens with zero attached hydrogens (tertiary/aromatic N) is 3. The van der Waals surface area contributed by atoms with Crippen LogP contribution in [0.15, 0.2) is 36.7 Å². The summed E-state index contributed by atoms with van der Waals surface area (Å²) < 4.78 is 1.75. The average molecular weight is 365 g/mol. The molecule has 27 heavy (non-hydrogen) atoms. The SMILES string of the molecule is O=C(O)c1cnn(C2CCN(C(=O)C3CC34CCc3ccccc34)CC2)c1. The van der Waals surface area contributed by atoms with E-state index in [9.17, 15) is 9.59 Å². The minimum atomic E-state index is -0.954. The van der Waals surface area contributed by atoms with Crippen molar-refractivity contribution >= 4 is 11.9 Å². The Bertz CT molecular complexity index is 913. The highest BCUT2D eigenvalue weighted by atomic mass is 16.4. The van der Waals surface area contributed by atoms with Crippen molar-refractivity contribution in [1.29, 1.82) is 0 Å². The van der Waals surface area contributed by atoms with Crippen molar-refractivity contribution in [2.75, 3.05) is 13.1 Å². The zero-order valence-corrected chi connectivity index (χ0v) is 15.2. The largest absolute Gasteiger partial charge is 0.478 e. The van der Waals surface area contributed by atoms with Gasteiger partial charge in [0.25, 0.3) is 0 Å². The molecule has 1 saturated heterocycles. The number of hydrogen-bond acceptors (Lipinski definition) is 3. The second kappa shape index (κ2) is 5.94. The van der Waals surface area contributed by atoms with Gasteiger partial charge in [-0.2, -0.15) is 5.10 Å². The van der Waals surface area contributed by atoms with E-state index in [2.05, 4.69) is 29.4 Å². The molecule has 0 bridgehead atoms. The molecule has 2 fully saturated rings. The Morgan fingerprint density at radius 2 is 1.96 bits per heavy atom. The van der Waals surface area contributed by atoms with Crippen molar-refractivity contribution in [2.24, 2.45) is 5.92 Å². The first-order valence-electron chi connectivity index (χ1n) is 9.73. The van der Waals surface area contributed by atoms with Crippen LogP contribution >= 0.6 is 0 Å². The molecular weight excluding hydrogens is 342 g/mol. The fourth-order valence-electron chi connectivity index (χ4n) is 5.14. The average Bonchev–Trinajstić information content (AvgIpc) is 3.03. The van der Waals surface area contributed by atoms with E-state index in [0.29, 0.717) is 5.91 Å². The monoisotopic (exact) mass is 365 g/mol. The lowest BCUT2D eigenvalue weighted by atomic mass is 9.94. The van der Waals surface area contributed by atoms with Gasteiger partial charge in [0.1, 0.15) is 0 Å². The van der Waals surface area contributed by atoms with Crippen LogP contribution in [0.3, 0.4) is 0 Å². The van der Waals surface area contributed by atoms with Crippen molar-refractivity contribution in [2.45, 2.75) is 43.6 Å². The van der Waals surface area contributed by atoms with Gasteiger partial charge in [0.2, 0.25) is 5.91 Å². The molecule has 1 N–H and O–H groups in total. The lowest BCUT2D eigenvalue weighted by Gasteiger charge is -2.32. The number of carboxylic acids is 1. The van der Waals surface area contributed by atoms with Gasteiger partial charge >= 0.3 is 5.97 Å². The molecule has 6 heteroatoms. The summed E-state index contributed by atoms with van der Waals surface area (Å²) in [4.78, 5) is 26.1. The van der Waals surface area contributed by atoms with Crippen LogP contribution in [-0.2, 0) is 16.6 Å². The number of aromatic nitrogens is 2. The highest BCUT2D eigenvalue weighted by Crippen LogP contribution is 2.62. The Morgan fingerprint density at radius 3 is 2.70 bits per heavy atom. The molecule has 140 valence electrons. The number of rotatable bonds is 3. The van der Waals surface area contributed by atoms with Gasteiger partial charge in [-0.1, -0.05) is 24.3 Å². The number of carbonyl (C=O) groups excluding carboxylic acids is 1. The lowest BCUT2D eigenvalue weighted by molar-refractivity contribution is -0.134. The van der Waals surface area contributed by atoms with Gasteiger partial charge in [-0.25, -0.2) is 4.79 Å². The fourth-order valence-corrected chi connectivity index (χ4v) is 5.14. The van der Waals surface area contributed by atoms with Gasteiger partial charge in [0.15, 0.2) is 0 Å². The summed E-state index contributed by atoms with van der Waals surface area (Å²) in [5, 5.41) is 13.2. The third-order valence-corrected chi connectivity index (χ3v) is 6.77. The molecule has 1 spiro atoms. The summed E-state index contributed by atoms with van der Waals surface area (Å²) in [7, 11) is 0. The van der Waals surface area contributed by atoms with Crippen LogP contribution in [0.4, 0.5) is 0 Å². The van der Waals surface area contributed by atoms with Crippen molar-refractivity contribution < 1.29 is 14.7 Å². The van der Waals surface area contributed by atoms with E-state index in [0.717, 1.165) is 45.2 Å². The van der Waals surface area contributed by atoms with Crippen molar-refractivity contribution in [1.82, 2.24) is 14.7 Å². The first-order valence-corrected chi connectivity index (χ1v) is 9.73. The number of aromatic carboxylic acids is 1. The molecule has 6 nitrogen and oxygen atoms in total. The molecule has 1 aromatic heterocycles. The molecule has 2 heterocycles. The van der Waals surface area contributed by atoms with Gasteiger partial charge < -0.3 is 10.0 Å². The number of aryl methyl sites for hydroxylation is 1. The van der Waals surface area contributed by atoms with Gasteiger partial charge in [0, 0.05) is 30.6 Å². The number of fused-ring (bicyclic) bond motifs is 2. The lowest BCUT2D eigenvalue weighted by Crippen LogP contribution is -2.41. The smallest absolute Gasteiger partial charge is 0.338 e. The third kappa shape index (κ3) is 2.58. The van der Waals surface area contributed by atoms with Crippen LogP contribution < -0.4 is 0 Å². The van der Waals surface area contributed by atoms with Crippen molar-refractivity contribution in [3.05, 3.63) is 53.3 Å². The summed E-state index contributed by atoms with van der Waals surface area (Å²) in [6.07, 6.45) is 7.81. The van der Waals surface area contributed by atoms with Crippen LogP contribution in [-0.4, -0.2) is 44.8 Å². The van der Waals surface area contributed by atoms with E-state index in [4.69, 9.17) is 5.11 Å². The number of piperidine rings is 1. The third-order valence-electron chi connectivity index (χ3n) is 6.77. The number of carbonyl (C=O) groups is 2. The number of benzene rings is 1. The summed E-state index contributed by atoms with van der Waals surface area (Å²) >= 11 is 0. The van der Waals surface area contributed by atoms with Crippen LogP contribution in [0.1, 0.15) is 53.2 Å². The Kier molecular flexibility index (Phi) is 3.64. The Labute approximate surface area is 157 Å². The summed E-state index contributed by atoms with van der Waals surface area (Å²) in [5.41, 5.74) is 3.13. The highest BCUT2D eigenvalue weighted by Gasteiger charge is 2.62. The second-order valence-corrected chi connectivity index (χ2v) is 8.14. The molecule has 2 unspecified atom stereocenters. The highest BCUT2D eigenvalue weighted by molar-refractivity contribution is 5.87. The normalized spacial score (nSPS) is 27.0. The van der Waals surface area contributed by atoms with Crippen LogP contribution in [0.5, 0.6) is 0 Å². The van der Waals surface area contributed by atoms with Gasteiger partial charge in [-0.3, -0.25) is 9.48 Å². The molecule has 1 saturated carbocycles. The predicted octanol–water partition coefficient (Wildman–Crippen LogP) is 2.65. The zero-order chi connectivity index (χ0) is 18.6. The van der Waals surface area contributed by atoms with Crippen LogP contribution in [0.25, 0.3) is 0 Å². The van der Waals surface area contributed by atoms with Crippen LogP contribution in [0.2, 0.25) is 0 Å². The summed E-state index contributed by atoms with van der Waals surface area (Å²) in [6, 6.07) is 8.76. The number of likely N-dealkylation sites (tertiary alicyclic amines) is 1. The quantitative estimate of drug-likeness (QED) is 0.907. The first-order chi connectivity index (χ1) is 13.1. The van der Waals surface area contributed by atoms with E-state index in [1.54, 1.807) is 10.9 Å². The standard InChI is InChI=1S/C21H23N3O3/c25-19(18-11-21(18)8-5-14-3-1-2-4-17(14)21)23-9-6-16(7-10-23)24-13-15(12-22-24)20(26)27/h1-4,12-13,16,18H,5-11H2,(H,26,27). The molecule has 1 aliphatic heterocycles. The van der Waals surface area contributed by atoms with E-state index in [1.807, 2.05) is 4.90 Å². The molecule has 2 aliphatic carbocycles. The fraction of sp³-hybridized carbons (Fsp3) is 0.476. The number of carboxylic acid groups (broad SMARTS) is 1. The van der Waals surface area contributed by atoms with Crippen LogP contribution in [0, 0.1) is 5.92 Å². The van der Waals surface area contributed by atoms with Gasteiger partial charge in [0.05, 0.1) is 17.8 Å². The Hall–Kier alpha value is -2.63.